The third kappa shape index (κ3) is 4.24. The summed E-state index contributed by atoms with van der Waals surface area (Å²) < 4.78 is 66.8. The minimum Gasteiger partial charge on any atom is -0.336 e. The number of benzene rings is 2. The molecule has 8 nitrogen and oxygen atoms in total. The highest BCUT2D eigenvalue weighted by atomic mass is 32.2. The number of amides is 1. The van der Waals surface area contributed by atoms with Gasteiger partial charge in [-0.2, -0.15) is 4.31 Å². The average molecular weight is 456 g/mol. The van der Waals surface area contributed by atoms with Crippen LogP contribution in [0.2, 0.25) is 0 Å². The molecule has 0 aliphatic carbocycles. The molecule has 1 aliphatic rings. The lowest BCUT2D eigenvalue weighted by Gasteiger charge is -2.34. The Hall–Kier alpha value is -2.34. The zero-order chi connectivity index (χ0) is 22.1. The molecule has 1 saturated heterocycles. The maximum absolute atomic E-state index is 13.9. The molecule has 0 radical (unpaired) electrons. The fraction of sp³-hybridized carbons (Fsp3) is 0.316. The number of nitrogens with one attached hydrogen (secondary N) is 1. The van der Waals surface area contributed by atoms with Gasteiger partial charge in [-0.1, -0.05) is 18.2 Å². The van der Waals surface area contributed by atoms with E-state index in [1.807, 2.05) is 0 Å². The zero-order valence-corrected chi connectivity index (χ0v) is 18.1. The highest BCUT2D eigenvalue weighted by Crippen LogP contribution is 2.22. The van der Waals surface area contributed by atoms with Crippen molar-refractivity contribution in [3.05, 3.63) is 59.4 Å². The van der Waals surface area contributed by atoms with E-state index in [9.17, 15) is 26.0 Å². The lowest BCUT2D eigenvalue weighted by Crippen LogP contribution is -2.50. The normalized spacial score (nSPS) is 15.9. The van der Waals surface area contributed by atoms with Crippen LogP contribution < -0.4 is 4.72 Å². The number of sulfonamides is 2. The second-order valence-corrected chi connectivity index (χ2v) is 10.6. The number of halogens is 1. The maximum Gasteiger partial charge on any atom is 0.254 e. The first kappa shape index (κ1) is 22.3. The van der Waals surface area contributed by atoms with Gasteiger partial charge in [-0.25, -0.2) is 25.9 Å². The van der Waals surface area contributed by atoms with Crippen LogP contribution in [-0.2, 0) is 20.0 Å². The van der Waals surface area contributed by atoms with E-state index < -0.39 is 30.8 Å². The smallest absolute Gasteiger partial charge is 0.254 e. The standard InChI is InChI=1S/C19H22FN3O5S2/c1-14-7-8-15(29(25,26)21-2)13-16(14)19(24)22-9-11-23(12-10-22)30(27,28)18-6-4-3-5-17(18)20/h3-8,13,21H,9-12H2,1-2H3. The van der Waals surface area contributed by atoms with Crippen LogP contribution >= 0.6 is 0 Å². The van der Waals surface area contributed by atoms with Crippen LogP contribution in [0.5, 0.6) is 0 Å². The number of hydrogen-bond acceptors (Lipinski definition) is 5. The van der Waals surface area contributed by atoms with Gasteiger partial charge in [0.05, 0.1) is 4.90 Å². The molecule has 0 atom stereocenters. The molecule has 0 spiro atoms. The number of hydrogen-bond donors (Lipinski definition) is 1. The third-order valence-corrected chi connectivity index (χ3v) is 8.34. The fourth-order valence-electron chi connectivity index (χ4n) is 3.21. The molecular formula is C19H22FN3O5S2. The van der Waals surface area contributed by atoms with Crippen LogP contribution in [-0.4, -0.2) is 65.2 Å². The number of aryl methyl sites for hydroxylation is 1. The van der Waals surface area contributed by atoms with Crippen molar-refractivity contribution in [3.63, 3.8) is 0 Å². The number of carbonyl (C=O) groups excluding carboxylic acids is 1. The third-order valence-electron chi connectivity index (χ3n) is 5.00. The van der Waals surface area contributed by atoms with Gasteiger partial charge in [-0.15, -0.1) is 0 Å². The monoisotopic (exact) mass is 455 g/mol. The Morgan fingerprint density at radius 1 is 1.00 bits per heavy atom. The predicted molar refractivity (Wildman–Crippen MR) is 108 cm³/mol. The highest BCUT2D eigenvalue weighted by molar-refractivity contribution is 7.89. The molecule has 3 rings (SSSR count). The van der Waals surface area contributed by atoms with Gasteiger partial charge in [-0.05, 0) is 43.8 Å². The molecule has 2 aromatic rings. The molecule has 1 fully saturated rings. The summed E-state index contributed by atoms with van der Waals surface area (Å²) in [6, 6.07) is 9.43. The van der Waals surface area contributed by atoms with Gasteiger partial charge >= 0.3 is 0 Å². The minimum absolute atomic E-state index is 0.00988. The zero-order valence-electron chi connectivity index (χ0n) is 16.5. The molecule has 0 aromatic heterocycles. The molecule has 2 aromatic carbocycles. The Bertz CT molecular complexity index is 1170. The van der Waals surface area contributed by atoms with Crippen molar-refractivity contribution in [2.24, 2.45) is 0 Å². The maximum atomic E-state index is 13.9. The van der Waals surface area contributed by atoms with E-state index in [0.29, 0.717) is 5.56 Å². The number of nitrogens with zero attached hydrogens (tertiary/aromatic N) is 2. The second-order valence-electron chi connectivity index (χ2n) is 6.81. The van der Waals surface area contributed by atoms with E-state index in [4.69, 9.17) is 0 Å². The minimum atomic E-state index is -4.01. The topological polar surface area (TPSA) is 104 Å². The summed E-state index contributed by atoms with van der Waals surface area (Å²) in [6.45, 7) is 1.93. The Morgan fingerprint density at radius 2 is 1.63 bits per heavy atom. The van der Waals surface area contributed by atoms with E-state index in [1.165, 1.54) is 42.3 Å². The molecule has 1 aliphatic heterocycles. The van der Waals surface area contributed by atoms with E-state index in [0.717, 1.165) is 10.4 Å². The molecule has 1 N–H and O–H groups in total. The predicted octanol–water partition coefficient (Wildman–Crippen LogP) is 1.19. The molecule has 162 valence electrons. The van der Waals surface area contributed by atoms with E-state index in [-0.39, 0.29) is 42.5 Å². The van der Waals surface area contributed by atoms with Crippen molar-refractivity contribution in [1.29, 1.82) is 0 Å². The van der Waals surface area contributed by atoms with E-state index in [2.05, 4.69) is 4.72 Å². The first-order valence-corrected chi connectivity index (χ1v) is 12.1. The molecule has 0 bridgehead atoms. The Balaban J connectivity index is 1.78. The van der Waals surface area contributed by atoms with Gasteiger partial charge in [-0.3, -0.25) is 4.79 Å². The number of carbonyl (C=O) groups is 1. The van der Waals surface area contributed by atoms with Crippen LogP contribution in [0.3, 0.4) is 0 Å². The Labute approximate surface area is 175 Å². The SMILES string of the molecule is CNS(=O)(=O)c1ccc(C)c(C(=O)N2CCN(S(=O)(=O)c3ccccc3F)CC2)c1. The molecule has 1 heterocycles. The first-order valence-electron chi connectivity index (χ1n) is 9.16. The van der Waals surface area contributed by atoms with Gasteiger partial charge < -0.3 is 4.90 Å². The summed E-state index contributed by atoms with van der Waals surface area (Å²) in [5.41, 5.74) is 0.841. The fourth-order valence-corrected chi connectivity index (χ4v) is 5.45. The lowest BCUT2D eigenvalue weighted by molar-refractivity contribution is 0.0696. The Morgan fingerprint density at radius 3 is 2.23 bits per heavy atom. The summed E-state index contributed by atoms with van der Waals surface area (Å²) in [5, 5.41) is 0. The van der Waals surface area contributed by atoms with Crippen molar-refractivity contribution in [2.75, 3.05) is 33.2 Å². The molecule has 0 unspecified atom stereocenters. The van der Waals surface area contributed by atoms with Crippen LogP contribution in [0.15, 0.2) is 52.3 Å². The molecule has 30 heavy (non-hydrogen) atoms. The summed E-state index contributed by atoms with van der Waals surface area (Å²) in [6.07, 6.45) is 0. The van der Waals surface area contributed by atoms with Gasteiger partial charge in [0.15, 0.2) is 0 Å². The van der Waals surface area contributed by atoms with Crippen LogP contribution in [0.25, 0.3) is 0 Å². The van der Waals surface area contributed by atoms with Gasteiger partial charge in [0.25, 0.3) is 5.91 Å². The van der Waals surface area contributed by atoms with E-state index >= 15 is 0 Å². The molecular weight excluding hydrogens is 433 g/mol. The molecule has 11 heteroatoms. The van der Waals surface area contributed by atoms with Crippen LogP contribution in [0.1, 0.15) is 15.9 Å². The van der Waals surface area contributed by atoms with Gasteiger partial charge in [0, 0.05) is 31.7 Å². The van der Waals surface area contributed by atoms with Crippen LogP contribution in [0.4, 0.5) is 4.39 Å². The van der Waals surface area contributed by atoms with Crippen LogP contribution in [0, 0.1) is 12.7 Å². The molecule has 0 saturated carbocycles. The second kappa shape index (κ2) is 8.42. The van der Waals surface area contributed by atoms with Crippen molar-refractivity contribution < 1.29 is 26.0 Å². The van der Waals surface area contributed by atoms with Crippen molar-refractivity contribution in [1.82, 2.24) is 13.9 Å². The van der Waals surface area contributed by atoms with Crippen molar-refractivity contribution in [2.45, 2.75) is 16.7 Å². The Kier molecular flexibility index (Phi) is 6.27. The largest absolute Gasteiger partial charge is 0.336 e. The van der Waals surface area contributed by atoms with Gasteiger partial charge in [0.2, 0.25) is 20.0 Å². The van der Waals surface area contributed by atoms with Crippen molar-refractivity contribution in [3.8, 4) is 0 Å². The van der Waals surface area contributed by atoms with E-state index in [1.54, 1.807) is 13.0 Å². The quantitative estimate of drug-likeness (QED) is 0.729. The summed E-state index contributed by atoms with van der Waals surface area (Å²) >= 11 is 0. The average Bonchev–Trinajstić information content (AvgIpc) is 2.73. The lowest BCUT2D eigenvalue weighted by atomic mass is 10.1. The van der Waals surface area contributed by atoms with Gasteiger partial charge in [0.1, 0.15) is 10.7 Å². The highest BCUT2D eigenvalue weighted by Gasteiger charge is 2.32. The number of rotatable bonds is 5. The summed E-state index contributed by atoms with van der Waals surface area (Å²) in [5.74, 6) is -1.21. The number of piperazine rings is 1. The molecule has 1 amide bonds. The first-order chi connectivity index (χ1) is 14.1. The summed E-state index contributed by atoms with van der Waals surface area (Å²) in [7, 11) is -6.44. The van der Waals surface area contributed by atoms with Crippen molar-refractivity contribution >= 4 is 26.0 Å². The summed E-state index contributed by atoms with van der Waals surface area (Å²) in [4.78, 5) is 14.0.